The minimum atomic E-state index is -0.546. The first kappa shape index (κ1) is 28.1. The fourth-order valence-corrected chi connectivity index (χ4v) is 4.46. The van der Waals surface area contributed by atoms with Gasteiger partial charge in [-0.15, -0.1) is 11.3 Å². The van der Waals surface area contributed by atoms with Crippen LogP contribution < -0.4 is 5.32 Å². The van der Waals surface area contributed by atoms with Crippen molar-refractivity contribution in [3.8, 4) is 0 Å². The predicted octanol–water partition coefficient (Wildman–Crippen LogP) is 7.05. The van der Waals surface area contributed by atoms with Gasteiger partial charge in [-0.05, 0) is 46.6 Å². The molecular weight excluding hydrogens is 426 g/mol. The number of carbonyl (C=O) groups is 3. The van der Waals surface area contributed by atoms with Crippen molar-refractivity contribution in [2.24, 2.45) is 0 Å². The molecule has 0 saturated heterocycles. The van der Waals surface area contributed by atoms with E-state index in [4.69, 9.17) is 9.47 Å². The Labute approximate surface area is 197 Å². The summed E-state index contributed by atoms with van der Waals surface area (Å²) in [4.78, 5) is 37.9. The summed E-state index contributed by atoms with van der Waals surface area (Å²) < 4.78 is 10.6. The standard InChI is InChI=1S/C25H41NO5S/c1-7-8-9-10-11-12-13-14-15-16-20(27)26-23-21(24(28)30-17(2)3)19(6)22(32-23)25(29)31-18(4)5/h17-18H,7-16H2,1-6H3,(H,26,27). The maximum absolute atomic E-state index is 12.6. The van der Waals surface area contributed by atoms with E-state index in [2.05, 4.69) is 12.2 Å². The zero-order chi connectivity index (χ0) is 24.1. The molecule has 0 unspecified atom stereocenters. The summed E-state index contributed by atoms with van der Waals surface area (Å²) in [6.07, 6.45) is 10.4. The number of rotatable bonds is 15. The molecule has 1 rings (SSSR count). The van der Waals surface area contributed by atoms with Gasteiger partial charge in [0.05, 0.1) is 17.8 Å². The monoisotopic (exact) mass is 467 g/mol. The molecule has 7 heteroatoms. The summed E-state index contributed by atoms with van der Waals surface area (Å²) in [5.41, 5.74) is 0.713. The fourth-order valence-electron chi connectivity index (χ4n) is 3.37. The molecule has 0 saturated carbocycles. The van der Waals surface area contributed by atoms with Crippen LogP contribution in [0.4, 0.5) is 5.00 Å². The molecule has 0 fully saturated rings. The first-order valence-corrected chi connectivity index (χ1v) is 12.8. The van der Waals surface area contributed by atoms with Crippen LogP contribution in [0.25, 0.3) is 0 Å². The molecular formula is C25H41NO5S. The first-order valence-electron chi connectivity index (χ1n) is 12.0. The Kier molecular flexibility index (Phi) is 13.2. The van der Waals surface area contributed by atoms with Crippen molar-refractivity contribution < 1.29 is 23.9 Å². The van der Waals surface area contributed by atoms with Gasteiger partial charge in [-0.25, -0.2) is 9.59 Å². The van der Waals surface area contributed by atoms with E-state index in [0.29, 0.717) is 21.9 Å². The SMILES string of the molecule is CCCCCCCCCCCC(=O)Nc1sc(C(=O)OC(C)C)c(C)c1C(=O)OC(C)C. The van der Waals surface area contributed by atoms with E-state index in [0.717, 1.165) is 30.6 Å². The number of nitrogens with one attached hydrogen (secondary N) is 1. The average molecular weight is 468 g/mol. The second-order valence-electron chi connectivity index (χ2n) is 8.80. The highest BCUT2D eigenvalue weighted by Crippen LogP contribution is 2.35. The number of hydrogen-bond acceptors (Lipinski definition) is 6. The van der Waals surface area contributed by atoms with Crippen LogP contribution in [-0.4, -0.2) is 30.1 Å². The van der Waals surface area contributed by atoms with Crippen molar-refractivity contribution in [2.75, 3.05) is 5.32 Å². The molecule has 1 aromatic heterocycles. The van der Waals surface area contributed by atoms with Crippen molar-refractivity contribution in [1.29, 1.82) is 0 Å². The summed E-state index contributed by atoms with van der Waals surface area (Å²) in [6.45, 7) is 11.0. The number of unbranched alkanes of at least 4 members (excludes halogenated alkanes) is 8. The van der Waals surface area contributed by atoms with Crippen LogP contribution in [0.15, 0.2) is 0 Å². The molecule has 0 bridgehead atoms. The Bertz CT molecular complexity index is 739. The van der Waals surface area contributed by atoms with Gasteiger partial charge in [-0.3, -0.25) is 4.79 Å². The third kappa shape index (κ3) is 10.2. The van der Waals surface area contributed by atoms with E-state index in [1.165, 1.54) is 38.5 Å². The van der Waals surface area contributed by atoms with Gasteiger partial charge in [0, 0.05) is 6.42 Å². The van der Waals surface area contributed by atoms with Crippen LogP contribution in [0.2, 0.25) is 0 Å². The second-order valence-corrected chi connectivity index (χ2v) is 9.82. The summed E-state index contributed by atoms with van der Waals surface area (Å²) in [6, 6.07) is 0. The van der Waals surface area contributed by atoms with E-state index < -0.39 is 11.9 Å². The lowest BCUT2D eigenvalue weighted by atomic mass is 10.1. The third-order valence-electron chi connectivity index (χ3n) is 4.98. The minimum Gasteiger partial charge on any atom is -0.459 e. The summed E-state index contributed by atoms with van der Waals surface area (Å²) in [5.74, 6) is -1.20. The number of carbonyl (C=O) groups excluding carboxylic acids is 3. The lowest BCUT2D eigenvalue weighted by Crippen LogP contribution is -2.17. The van der Waals surface area contributed by atoms with Gasteiger partial charge in [-0.2, -0.15) is 0 Å². The van der Waals surface area contributed by atoms with E-state index in [9.17, 15) is 14.4 Å². The van der Waals surface area contributed by atoms with Crippen molar-refractivity contribution >= 4 is 34.2 Å². The Hall–Kier alpha value is -1.89. The molecule has 0 aliphatic heterocycles. The van der Waals surface area contributed by atoms with Crippen LogP contribution in [0.1, 0.15) is 124 Å². The molecule has 0 aliphatic rings. The largest absolute Gasteiger partial charge is 0.459 e. The summed E-state index contributed by atoms with van der Waals surface area (Å²) in [5, 5.41) is 3.18. The Morgan fingerprint density at radius 1 is 0.812 bits per heavy atom. The maximum atomic E-state index is 12.6. The molecule has 6 nitrogen and oxygen atoms in total. The third-order valence-corrected chi connectivity index (χ3v) is 6.17. The molecule has 1 aromatic rings. The highest BCUT2D eigenvalue weighted by Gasteiger charge is 2.28. The lowest BCUT2D eigenvalue weighted by molar-refractivity contribution is -0.116. The van der Waals surface area contributed by atoms with Crippen LogP contribution in [0.3, 0.4) is 0 Å². The number of ether oxygens (including phenoxy) is 2. The Morgan fingerprint density at radius 2 is 1.31 bits per heavy atom. The molecule has 1 N–H and O–H groups in total. The van der Waals surface area contributed by atoms with Crippen LogP contribution in [0.5, 0.6) is 0 Å². The van der Waals surface area contributed by atoms with Gasteiger partial charge >= 0.3 is 11.9 Å². The average Bonchev–Trinajstić information content (AvgIpc) is 3.01. The molecule has 1 amide bonds. The summed E-state index contributed by atoms with van der Waals surface area (Å²) in [7, 11) is 0. The van der Waals surface area contributed by atoms with Gasteiger partial charge in [-0.1, -0.05) is 58.3 Å². The fraction of sp³-hybridized carbons (Fsp3) is 0.720. The molecule has 182 valence electrons. The van der Waals surface area contributed by atoms with E-state index in [1.807, 2.05) is 0 Å². The van der Waals surface area contributed by atoms with Gasteiger partial charge in [0.2, 0.25) is 5.91 Å². The van der Waals surface area contributed by atoms with Crippen molar-refractivity contribution in [3.05, 3.63) is 16.0 Å². The molecule has 0 spiro atoms. The first-order chi connectivity index (χ1) is 15.2. The van der Waals surface area contributed by atoms with Gasteiger partial charge in [0.15, 0.2) is 0 Å². The van der Waals surface area contributed by atoms with Gasteiger partial charge < -0.3 is 14.8 Å². The van der Waals surface area contributed by atoms with E-state index >= 15 is 0 Å². The summed E-state index contributed by atoms with van der Waals surface area (Å²) >= 11 is 1.07. The molecule has 0 aromatic carbocycles. The number of amides is 1. The second kappa shape index (κ2) is 15.0. The van der Waals surface area contributed by atoms with E-state index in [-0.39, 0.29) is 23.7 Å². The van der Waals surface area contributed by atoms with Crippen molar-refractivity contribution in [1.82, 2.24) is 0 Å². The number of thiophene rings is 1. The normalized spacial score (nSPS) is 11.1. The topological polar surface area (TPSA) is 81.7 Å². The Morgan fingerprint density at radius 3 is 1.84 bits per heavy atom. The Balaban J connectivity index is 2.69. The van der Waals surface area contributed by atoms with Gasteiger partial charge in [0.25, 0.3) is 0 Å². The highest BCUT2D eigenvalue weighted by atomic mass is 32.1. The smallest absolute Gasteiger partial charge is 0.348 e. The zero-order valence-corrected chi connectivity index (χ0v) is 21.5. The zero-order valence-electron chi connectivity index (χ0n) is 20.7. The minimum absolute atomic E-state index is 0.156. The molecule has 1 heterocycles. The lowest BCUT2D eigenvalue weighted by Gasteiger charge is -2.10. The van der Waals surface area contributed by atoms with Crippen LogP contribution >= 0.6 is 11.3 Å². The molecule has 0 aliphatic carbocycles. The molecule has 0 radical (unpaired) electrons. The van der Waals surface area contributed by atoms with Crippen LogP contribution in [0, 0.1) is 6.92 Å². The molecule has 32 heavy (non-hydrogen) atoms. The highest BCUT2D eigenvalue weighted by molar-refractivity contribution is 7.18. The van der Waals surface area contributed by atoms with Crippen LogP contribution in [-0.2, 0) is 14.3 Å². The predicted molar refractivity (Wildman–Crippen MR) is 131 cm³/mol. The number of esters is 2. The number of hydrogen-bond donors (Lipinski definition) is 1. The van der Waals surface area contributed by atoms with Gasteiger partial charge in [0.1, 0.15) is 9.88 Å². The van der Waals surface area contributed by atoms with E-state index in [1.54, 1.807) is 34.6 Å². The van der Waals surface area contributed by atoms with Crippen molar-refractivity contribution in [2.45, 2.75) is 118 Å². The van der Waals surface area contributed by atoms with Crippen molar-refractivity contribution in [3.63, 3.8) is 0 Å². The maximum Gasteiger partial charge on any atom is 0.348 e. The molecule has 0 atom stereocenters. The quantitative estimate of drug-likeness (QED) is 0.221. The number of anilines is 1.